The summed E-state index contributed by atoms with van der Waals surface area (Å²) >= 11 is 0. The lowest BCUT2D eigenvalue weighted by molar-refractivity contribution is -0.137. The van der Waals surface area contributed by atoms with Gasteiger partial charge in [-0.2, -0.15) is 0 Å². The molecule has 1 fully saturated rings. The maximum absolute atomic E-state index is 11.1. The second-order valence-corrected chi connectivity index (χ2v) is 5.77. The number of rotatable bonds is 2. The molecule has 20 heavy (non-hydrogen) atoms. The van der Waals surface area contributed by atoms with Crippen molar-refractivity contribution in [2.24, 2.45) is 0 Å². The normalized spacial score (nSPS) is 24.9. The number of phenols is 2. The highest BCUT2D eigenvalue weighted by Crippen LogP contribution is 2.48. The number of carboxylic acids is 1. The molecule has 2 heterocycles. The van der Waals surface area contributed by atoms with Crippen molar-refractivity contribution in [2.45, 2.75) is 44.1 Å². The van der Waals surface area contributed by atoms with Crippen molar-refractivity contribution in [1.29, 1.82) is 0 Å². The molecule has 2 aliphatic rings. The Labute approximate surface area is 117 Å². The van der Waals surface area contributed by atoms with Gasteiger partial charge in [-0.1, -0.05) is 0 Å². The predicted molar refractivity (Wildman–Crippen MR) is 74.4 cm³/mol. The summed E-state index contributed by atoms with van der Waals surface area (Å²) in [7, 11) is 0. The van der Waals surface area contributed by atoms with Gasteiger partial charge in [-0.15, -0.1) is 0 Å². The Bertz CT molecular complexity index is 543. The van der Waals surface area contributed by atoms with Gasteiger partial charge in [0.2, 0.25) is 0 Å². The Hall–Kier alpha value is -1.91. The van der Waals surface area contributed by atoms with Crippen LogP contribution in [-0.2, 0) is 4.79 Å². The number of nitrogens with zero attached hydrogens (tertiary/aromatic N) is 1. The topological polar surface area (TPSA) is 81.0 Å². The van der Waals surface area contributed by atoms with Gasteiger partial charge in [-0.3, -0.25) is 4.79 Å². The van der Waals surface area contributed by atoms with E-state index in [1.807, 2.05) is 0 Å². The van der Waals surface area contributed by atoms with Crippen LogP contribution in [0.3, 0.4) is 0 Å². The third-order valence-corrected chi connectivity index (χ3v) is 4.44. The molecule has 0 bridgehead atoms. The van der Waals surface area contributed by atoms with E-state index in [2.05, 4.69) is 4.90 Å². The first-order valence-electron chi connectivity index (χ1n) is 7.10. The SMILES string of the molecule is O=C(O)CC1CC2CCCCN2c2cc(O)cc(O)c21. The molecule has 1 aromatic carbocycles. The molecule has 2 unspecified atom stereocenters. The van der Waals surface area contributed by atoms with Crippen molar-refractivity contribution < 1.29 is 20.1 Å². The smallest absolute Gasteiger partial charge is 0.303 e. The zero-order valence-corrected chi connectivity index (χ0v) is 11.2. The van der Waals surface area contributed by atoms with Crippen LogP contribution in [0.2, 0.25) is 0 Å². The number of anilines is 1. The van der Waals surface area contributed by atoms with Crippen LogP contribution in [0.4, 0.5) is 5.69 Å². The van der Waals surface area contributed by atoms with Gasteiger partial charge in [0.1, 0.15) is 11.5 Å². The van der Waals surface area contributed by atoms with Crippen molar-refractivity contribution in [1.82, 2.24) is 0 Å². The van der Waals surface area contributed by atoms with Crippen LogP contribution >= 0.6 is 0 Å². The van der Waals surface area contributed by atoms with E-state index in [1.54, 1.807) is 6.07 Å². The lowest BCUT2D eigenvalue weighted by Crippen LogP contribution is -2.44. The van der Waals surface area contributed by atoms with Gasteiger partial charge in [0.05, 0.1) is 6.42 Å². The van der Waals surface area contributed by atoms with Gasteiger partial charge >= 0.3 is 5.97 Å². The van der Waals surface area contributed by atoms with Crippen LogP contribution in [0.25, 0.3) is 0 Å². The summed E-state index contributed by atoms with van der Waals surface area (Å²) in [5.74, 6) is -0.989. The summed E-state index contributed by atoms with van der Waals surface area (Å²) in [6.07, 6.45) is 4.08. The van der Waals surface area contributed by atoms with E-state index in [4.69, 9.17) is 5.11 Å². The van der Waals surface area contributed by atoms with Gasteiger partial charge in [-0.05, 0) is 25.7 Å². The highest BCUT2D eigenvalue weighted by atomic mass is 16.4. The molecule has 108 valence electrons. The Morgan fingerprint density at radius 1 is 1.30 bits per heavy atom. The second-order valence-electron chi connectivity index (χ2n) is 5.77. The molecule has 0 spiro atoms. The van der Waals surface area contributed by atoms with E-state index in [0.717, 1.165) is 37.9 Å². The minimum Gasteiger partial charge on any atom is -0.508 e. The number of fused-ring (bicyclic) bond motifs is 3. The summed E-state index contributed by atoms with van der Waals surface area (Å²) < 4.78 is 0. The standard InChI is InChI=1S/C15H19NO4/c17-11-7-12-15(13(18)8-11)9(6-14(19)20)5-10-3-1-2-4-16(10)12/h7-10,17-18H,1-6H2,(H,19,20). The lowest BCUT2D eigenvalue weighted by atomic mass is 9.80. The molecule has 5 nitrogen and oxygen atoms in total. The predicted octanol–water partition coefficient (Wildman–Crippen LogP) is 2.42. The van der Waals surface area contributed by atoms with Crippen molar-refractivity contribution >= 4 is 11.7 Å². The molecule has 0 aliphatic carbocycles. The highest BCUT2D eigenvalue weighted by Gasteiger charge is 2.36. The Balaban J connectivity index is 2.07. The molecule has 0 radical (unpaired) electrons. The molecule has 2 atom stereocenters. The molecule has 0 aromatic heterocycles. The van der Waals surface area contributed by atoms with Gasteiger partial charge in [0.25, 0.3) is 0 Å². The minimum absolute atomic E-state index is 0.00951. The number of hydrogen-bond donors (Lipinski definition) is 3. The maximum atomic E-state index is 11.1. The first-order valence-corrected chi connectivity index (χ1v) is 7.10. The number of carboxylic acid groups (broad SMARTS) is 1. The fourth-order valence-corrected chi connectivity index (χ4v) is 3.67. The fourth-order valence-electron chi connectivity index (χ4n) is 3.67. The zero-order valence-electron chi connectivity index (χ0n) is 11.2. The van der Waals surface area contributed by atoms with Crippen LogP contribution in [0, 0.1) is 0 Å². The molecule has 1 aromatic rings. The maximum Gasteiger partial charge on any atom is 0.303 e. The number of aromatic hydroxyl groups is 2. The molecule has 3 N–H and O–H groups in total. The van der Waals surface area contributed by atoms with E-state index >= 15 is 0 Å². The first kappa shape index (κ1) is 13.1. The Morgan fingerprint density at radius 2 is 2.10 bits per heavy atom. The number of piperidine rings is 1. The summed E-state index contributed by atoms with van der Waals surface area (Å²) in [6.45, 7) is 0.903. The molecule has 5 heteroatoms. The summed E-state index contributed by atoms with van der Waals surface area (Å²) in [4.78, 5) is 13.3. The van der Waals surface area contributed by atoms with Gasteiger partial charge < -0.3 is 20.2 Å². The average molecular weight is 277 g/mol. The third-order valence-electron chi connectivity index (χ3n) is 4.44. The van der Waals surface area contributed by atoms with Crippen molar-refractivity contribution in [3.8, 4) is 11.5 Å². The second kappa shape index (κ2) is 4.89. The van der Waals surface area contributed by atoms with Crippen molar-refractivity contribution in [3.63, 3.8) is 0 Å². The molecular weight excluding hydrogens is 258 g/mol. The van der Waals surface area contributed by atoms with E-state index in [9.17, 15) is 15.0 Å². The van der Waals surface area contributed by atoms with E-state index in [0.29, 0.717) is 11.6 Å². The Morgan fingerprint density at radius 3 is 2.85 bits per heavy atom. The summed E-state index contributed by atoms with van der Waals surface area (Å²) in [5.41, 5.74) is 1.49. The fraction of sp³-hybridized carbons (Fsp3) is 0.533. The largest absolute Gasteiger partial charge is 0.508 e. The number of phenolic OH excluding ortho intramolecular Hbond substituents is 2. The highest BCUT2D eigenvalue weighted by molar-refractivity contribution is 5.72. The van der Waals surface area contributed by atoms with Gasteiger partial charge in [0.15, 0.2) is 0 Å². The Kier molecular flexibility index (Phi) is 3.20. The molecule has 0 amide bonds. The van der Waals surface area contributed by atoms with Crippen molar-refractivity contribution in [2.75, 3.05) is 11.4 Å². The summed E-state index contributed by atoms with van der Waals surface area (Å²) in [6, 6.07) is 3.28. The van der Waals surface area contributed by atoms with Gasteiger partial charge in [0, 0.05) is 41.9 Å². The van der Waals surface area contributed by atoms with Gasteiger partial charge in [-0.25, -0.2) is 0 Å². The third kappa shape index (κ3) is 2.17. The lowest BCUT2D eigenvalue weighted by Gasteiger charge is -2.45. The molecule has 1 saturated heterocycles. The van der Waals surface area contributed by atoms with Crippen LogP contribution in [0.15, 0.2) is 12.1 Å². The number of aliphatic carboxylic acids is 1. The van der Waals surface area contributed by atoms with E-state index in [1.165, 1.54) is 6.07 Å². The average Bonchev–Trinajstić information content (AvgIpc) is 2.37. The van der Waals surface area contributed by atoms with Crippen LogP contribution < -0.4 is 4.90 Å². The number of carbonyl (C=O) groups is 1. The molecule has 2 aliphatic heterocycles. The molecule has 0 saturated carbocycles. The molecule has 3 rings (SSSR count). The van der Waals surface area contributed by atoms with Crippen molar-refractivity contribution in [3.05, 3.63) is 17.7 Å². The van der Waals surface area contributed by atoms with Crippen LogP contribution in [0.5, 0.6) is 11.5 Å². The first-order chi connectivity index (χ1) is 9.56. The number of benzene rings is 1. The number of hydrogen-bond acceptors (Lipinski definition) is 4. The molecular formula is C15H19NO4. The van der Waals surface area contributed by atoms with Crippen LogP contribution in [0.1, 0.15) is 43.6 Å². The van der Waals surface area contributed by atoms with Crippen LogP contribution in [-0.4, -0.2) is 33.9 Å². The van der Waals surface area contributed by atoms with E-state index in [-0.39, 0.29) is 23.8 Å². The monoisotopic (exact) mass is 277 g/mol. The minimum atomic E-state index is -0.849. The zero-order chi connectivity index (χ0) is 14.3. The quantitative estimate of drug-likeness (QED) is 0.773. The van der Waals surface area contributed by atoms with E-state index < -0.39 is 5.97 Å². The summed E-state index contributed by atoms with van der Waals surface area (Å²) in [5, 5.41) is 28.9.